The third-order valence-corrected chi connectivity index (χ3v) is 3.97. The molecule has 2 aromatic heterocycles. The summed E-state index contributed by atoms with van der Waals surface area (Å²) in [4.78, 5) is 22.5. The fourth-order valence-corrected chi connectivity index (χ4v) is 2.76. The number of aryl methyl sites for hydroxylation is 1. The highest BCUT2D eigenvalue weighted by Crippen LogP contribution is 2.18. The topological polar surface area (TPSA) is 72.1 Å². The summed E-state index contributed by atoms with van der Waals surface area (Å²) in [5, 5.41) is 3.95. The first-order chi connectivity index (χ1) is 10.7. The average molecular weight is 300 g/mol. The van der Waals surface area contributed by atoms with Crippen LogP contribution in [0.5, 0.6) is 0 Å². The molecule has 22 heavy (non-hydrogen) atoms. The molecule has 0 saturated carbocycles. The van der Waals surface area contributed by atoms with Gasteiger partial charge in [-0.2, -0.15) is 4.98 Å². The lowest BCUT2D eigenvalue weighted by Crippen LogP contribution is -2.39. The maximum atomic E-state index is 12.2. The number of likely N-dealkylation sites (tertiary alicyclic amines) is 1. The van der Waals surface area contributed by atoms with Crippen molar-refractivity contribution in [3.63, 3.8) is 0 Å². The van der Waals surface area contributed by atoms with E-state index in [0.717, 1.165) is 25.1 Å². The van der Waals surface area contributed by atoms with E-state index in [2.05, 4.69) is 22.0 Å². The van der Waals surface area contributed by atoms with E-state index in [-0.39, 0.29) is 5.91 Å². The quantitative estimate of drug-likeness (QED) is 0.866. The molecule has 3 heterocycles. The monoisotopic (exact) mass is 300 g/mol. The molecule has 6 heteroatoms. The van der Waals surface area contributed by atoms with Crippen molar-refractivity contribution in [2.45, 2.75) is 32.6 Å². The highest BCUT2D eigenvalue weighted by molar-refractivity contribution is 5.76. The van der Waals surface area contributed by atoms with Gasteiger partial charge in [-0.1, -0.05) is 12.1 Å². The second kappa shape index (κ2) is 6.68. The van der Waals surface area contributed by atoms with E-state index in [0.29, 0.717) is 30.5 Å². The van der Waals surface area contributed by atoms with Crippen molar-refractivity contribution < 1.29 is 9.32 Å². The van der Waals surface area contributed by atoms with Crippen LogP contribution in [-0.4, -0.2) is 39.0 Å². The predicted molar refractivity (Wildman–Crippen MR) is 80.8 cm³/mol. The van der Waals surface area contributed by atoms with Gasteiger partial charge in [0.25, 0.3) is 0 Å². The standard InChI is InChI=1S/C16H20N4O2/c1-12-3-2-10-20(11-12)15(21)5-4-14-18-16(19-22-14)13-6-8-17-9-7-13/h6-9,12H,2-5,10-11H2,1H3/t12-/m1/s1. The van der Waals surface area contributed by atoms with Crippen molar-refractivity contribution in [1.29, 1.82) is 0 Å². The van der Waals surface area contributed by atoms with E-state index < -0.39 is 0 Å². The lowest BCUT2D eigenvalue weighted by molar-refractivity contribution is -0.132. The number of carbonyl (C=O) groups excluding carboxylic acids is 1. The lowest BCUT2D eigenvalue weighted by atomic mass is 10.00. The Morgan fingerprint density at radius 1 is 1.41 bits per heavy atom. The van der Waals surface area contributed by atoms with Gasteiger partial charge in [0.05, 0.1) is 0 Å². The van der Waals surface area contributed by atoms with E-state index in [4.69, 9.17) is 4.52 Å². The molecule has 0 spiro atoms. The zero-order valence-electron chi connectivity index (χ0n) is 12.7. The normalized spacial score (nSPS) is 18.4. The molecule has 0 aliphatic carbocycles. The van der Waals surface area contributed by atoms with Crippen LogP contribution in [0, 0.1) is 5.92 Å². The molecule has 1 fully saturated rings. The largest absolute Gasteiger partial charge is 0.342 e. The van der Waals surface area contributed by atoms with Crippen molar-refractivity contribution in [3.8, 4) is 11.4 Å². The predicted octanol–water partition coefficient (Wildman–Crippen LogP) is 2.32. The molecule has 1 aliphatic rings. The van der Waals surface area contributed by atoms with Crippen molar-refractivity contribution in [2.24, 2.45) is 5.92 Å². The summed E-state index contributed by atoms with van der Waals surface area (Å²) in [5.74, 6) is 1.82. The third kappa shape index (κ3) is 3.50. The summed E-state index contributed by atoms with van der Waals surface area (Å²) in [6.07, 6.45) is 6.59. The molecule has 0 aromatic carbocycles. The summed E-state index contributed by atoms with van der Waals surface area (Å²) in [6, 6.07) is 3.66. The molecule has 1 aliphatic heterocycles. The van der Waals surface area contributed by atoms with Crippen LogP contribution >= 0.6 is 0 Å². The van der Waals surface area contributed by atoms with Gasteiger partial charge in [0.1, 0.15) is 0 Å². The Morgan fingerprint density at radius 3 is 3.00 bits per heavy atom. The molecule has 0 radical (unpaired) electrons. The lowest BCUT2D eigenvalue weighted by Gasteiger charge is -2.30. The molecule has 0 N–H and O–H groups in total. The number of aromatic nitrogens is 3. The maximum Gasteiger partial charge on any atom is 0.227 e. The Balaban J connectivity index is 1.56. The number of nitrogens with zero attached hydrogens (tertiary/aromatic N) is 4. The van der Waals surface area contributed by atoms with E-state index in [1.165, 1.54) is 6.42 Å². The van der Waals surface area contributed by atoms with Gasteiger partial charge in [-0.05, 0) is 30.9 Å². The van der Waals surface area contributed by atoms with Gasteiger partial charge < -0.3 is 9.42 Å². The number of carbonyl (C=O) groups is 1. The molecule has 0 bridgehead atoms. The van der Waals surface area contributed by atoms with Crippen LogP contribution in [0.3, 0.4) is 0 Å². The molecule has 6 nitrogen and oxygen atoms in total. The van der Waals surface area contributed by atoms with Gasteiger partial charge in [0.15, 0.2) is 0 Å². The second-order valence-electron chi connectivity index (χ2n) is 5.83. The molecule has 1 atom stereocenters. The summed E-state index contributed by atoms with van der Waals surface area (Å²) in [5.41, 5.74) is 0.862. The van der Waals surface area contributed by atoms with Crippen LogP contribution in [-0.2, 0) is 11.2 Å². The minimum Gasteiger partial charge on any atom is -0.342 e. The van der Waals surface area contributed by atoms with Gasteiger partial charge in [0, 0.05) is 43.9 Å². The second-order valence-corrected chi connectivity index (χ2v) is 5.83. The van der Waals surface area contributed by atoms with E-state index in [1.54, 1.807) is 12.4 Å². The average Bonchev–Trinajstić information content (AvgIpc) is 3.02. The zero-order chi connectivity index (χ0) is 15.4. The van der Waals surface area contributed by atoms with E-state index in [1.807, 2.05) is 17.0 Å². The molecule has 116 valence electrons. The molecule has 2 aromatic rings. The molecular weight excluding hydrogens is 280 g/mol. The van der Waals surface area contributed by atoms with Gasteiger partial charge in [-0.25, -0.2) is 0 Å². The smallest absolute Gasteiger partial charge is 0.227 e. The fraction of sp³-hybridized carbons (Fsp3) is 0.500. The van der Waals surface area contributed by atoms with Gasteiger partial charge in [0.2, 0.25) is 17.6 Å². The number of rotatable bonds is 4. The third-order valence-electron chi connectivity index (χ3n) is 3.97. The minimum atomic E-state index is 0.176. The Hall–Kier alpha value is -2.24. The van der Waals surface area contributed by atoms with Crippen molar-refractivity contribution in [1.82, 2.24) is 20.0 Å². The van der Waals surface area contributed by atoms with Gasteiger partial charge >= 0.3 is 0 Å². The molecule has 1 saturated heterocycles. The molecule has 0 unspecified atom stereocenters. The summed E-state index contributed by atoms with van der Waals surface area (Å²) < 4.78 is 5.23. The fourth-order valence-electron chi connectivity index (χ4n) is 2.76. The Labute approximate surface area is 129 Å². The molecule has 1 amide bonds. The first kappa shape index (κ1) is 14.7. The SMILES string of the molecule is C[C@@H]1CCCN(C(=O)CCc2nc(-c3ccncc3)no2)C1. The Bertz CT molecular complexity index is 626. The van der Waals surface area contributed by atoms with Crippen LogP contribution in [0.4, 0.5) is 0 Å². The number of piperidine rings is 1. The van der Waals surface area contributed by atoms with Gasteiger partial charge in [-0.3, -0.25) is 9.78 Å². The van der Waals surface area contributed by atoms with E-state index >= 15 is 0 Å². The summed E-state index contributed by atoms with van der Waals surface area (Å²) in [7, 11) is 0. The van der Waals surface area contributed by atoms with Crippen LogP contribution in [0.25, 0.3) is 11.4 Å². The Kier molecular flexibility index (Phi) is 4.46. The minimum absolute atomic E-state index is 0.176. The molecular formula is C16H20N4O2. The first-order valence-corrected chi connectivity index (χ1v) is 7.73. The highest BCUT2D eigenvalue weighted by Gasteiger charge is 2.21. The number of hydrogen-bond donors (Lipinski definition) is 0. The number of hydrogen-bond acceptors (Lipinski definition) is 5. The van der Waals surface area contributed by atoms with Crippen LogP contribution in [0.2, 0.25) is 0 Å². The zero-order valence-corrected chi connectivity index (χ0v) is 12.7. The van der Waals surface area contributed by atoms with Crippen LogP contribution in [0.15, 0.2) is 29.0 Å². The van der Waals surface area contributed by atoms with Gasteiger partial charge in [-0.15, -0.1) is 0 Å². The summed E-state index contributed by atoms with van der Waals surface area (Å²) in [6.45, 7) is 3.93. The number of amides is 1. The van der Waals surface area contributed by atoms with E-state index in [9.17, 15) is 4.79 Å². The van der Waals surface area contributed by atoms with Crippen molar-refractivity contribution in [3.05, 3.63) is 30.4 Å². The highest BCUT2D eigenvalue weighted by atomic mass is 16.5. The number of pyridine rings is 1. The Morgan fingerprint density at radius 2 is 2.23 bits per heavy atom. The molecule has 3 rings (SSSR count). The summed E-state index contributed by atoms with van der Waals surface area (Å²) >= 11 is 0. The van der Waals surface area contributed by atoms with Crippen molar-refractivity contribution in [2.75, 3.05) is 13.1 Å². The van der Waals surface area contributed by atoms with Crippen molar-refractivity contribution >= 4 is 5.91 Å². The first-order valence-electron chi connectivity index (χ1n) is 7.73. The maximum absolute atomic E-state index is 12.2. The van der Waals surface area contributed by atoms with Crippen LogP contribution in [0.1, 0.15) is 32.1 Å². The van der Waals surface area contributed by atoms with Crippen LogP contribution < -0.4 is 0 Å².